The van der Waals surface area contributed by atoms with Crippen LogP contribution in [0.4, 0.5) is 0 Å². The Morgan fingerprint density at radius 3 is 1.13 bits per heavy atom. The first-order valence-electron chi connectivity index (χ1n) is 16.8. The Bertz CT molecular complexity index is 2890. The monoisotopic (exact) mass is 712 g/mol. The van der Waals surface area contributed by atoms with E-state index in [2.05, 4.69) is 0 Å². The zero-order valence-electron chi connectivity index (χ0n) is 28.2. The fourth-order valence-corrected chi connectivity index (χ4v) is 6.21. The summed E-state index contributed by atoms with van der Waals surface area (Å²) in [5, 5.41) is 31.4. The molecule has 0 saturated carbocycles. The zero-order chi connectivity index (χ0) is 37.3. The lowest BCUT2D eigenvalue weighted by Crippen LogP contribution is -2.06. The summed E-state index contributed by atoms with van der Waals surface area (Å²) in [6, 6.07) is 44.6. The Balaban J connectivity index is 0.000000157. The molecule has 9 heteroatoms. The third kappa shape index (κ3) is 6.05. The molecule has 0 aliphatic heterocycles. The van der Waals surface area contributed by atoms with E-state index in [1.54, 1.807) is 84.9 Å². The van der Waals surface area contributed by atoms with Crippen LogP contribution < -0.4 is 16.3 Å². The molecule has 9 aromatic rings. The minimum absolute atomic E-state index is 0.0128. The molecule has 0 fully saturated rings. The summed E-state index contributed by atoms with van der Waals surface area (Å²) in [5.41, 5.74) is 2.88. The molecular formula is C45H28O9. The number of aromatic hydroxyl groups is 3. The van der Waals surface area contributed by atoms with Gasteiger partial charge in [0.25, 0.3) is 0 Å². The molecular weight excluding hydrogens is 684 g/mol. The van der Waals surface area contributed by atoms with Gasteiger partial charge in [0.05, 0.1) is 16.2 Å². The van der Waals surface area contributed by atoms with E-state index < -0.39 is 27.8 Å². The molecule has 9 nitrogen and oxygen atoms in total. The van der Waals surface area contributed by atoms with E-state index in [0.29, 0.717) is 27.7 Å². The average Bonchev–Trinajstić information content (AvgIpc) is 3.23. The van der Waals surface area contributed by atoms with Gasteiger partial charge in [-0.3, -0.25) is 14.4 Å². The smallest absolute Gasteiger partial charge is 0.235 e. The third-order valence-electron chi connectivity index (χ3n) is 8.96. The van der Waals surface area contributed by atoms with Gasteiger partial charge in [0.1, 0.15) is 16.7 Å². The van der Waals surface area contributed by atoms with Crippen molar-refractivity contribution in [2.24, 2.45) is 0 Å². The summed E-state index contributed by atoms with van der Waals surface area (Å²) in [7, 11) is 0. The van der Waals surface area contributed by atoms with Crippen molar-refractivity contribution in [3.63, 3.8) is 0 Å². The number of rotatable bonds is 4. The maximum atomic E-state index is 12.7. The Morgan fingerprint density at radius 2 is 0.648 bits per heavy atom. The van der Waals surface area contributed by atoms with Crippen LogP contribution in [0, 0.1) is 0 Å². The van der Waals surface area contributed by atoms with Crippen LogP contribution in [0.3, 0.4) is 0 Å². The predicted molar refractivity (Wildman–Crippen MR) is 208 cm³/mol. The van der Waals surface area contributed by atoms with Gasteiger partial charge >= 0.3 is 0 Å². The van der Waals surface area contributed by atoms with Crippen molar-refractivity contribution >= 4 is 32.9 Å². The zero-order valence-corrected chi connectivity index (χ0v) is 28.2. The second kappa shape index (κ2) is 13.8. The minimum atomic E-state index is -0.678. The van der Waals surface area contributed by atoms with Gasteiger partial charge in [0.2, 0.25) is 33.5 Å². The summed E-state index contributed by atoms with van der Waals surface area (Å²) < 4.78 is 17.4. The van der Waals surface area contributed by atoms with Gasteiger partial charge in [0.15, 0.2) is 17.3 Å². The summed E-state index contributed by atoms with van der Waals surface area (Å²) >= 11 is 0. The summed E-state index contributed by atoms with van der Waals surface area (Å²) in [6.45, 7) is 0. The Labute approximate surface area is 305 Å². The van der Waals surface area contributed by atoms with Gasteiger partial charge in [-0.05, 0) is 29.3 Å². The summed E-state index contributed by atoms with van der Waals surface area (Å²) in [4.78, 5) is 37.8. The highest BCUT2D eigenvalue weighted by Gasteiger charge is 2.20. The molecule has 0 bridgehead atoms. The van der Waals surface area contributed by atoms with Crippen LogP contribution in [-0.2, 0) is 0 Å². The van der Waals surface area contributed by atoms with Gasteiger partial charge < -0.3 is 28.6 Å². The fourth-order valence-electron chi connectivity index (χ4n) is 6.21. The molecule has 0 radical (unpaired) electrons. The van der Waals surface area contributed by atoms with Crippen LogP contribution in [0.5, 0.6) is 17.2 Å². The lowest BCUT2D eigenvalue weighted by molar-refractivity contribution is 0.447. The Hall–Kier alpha value is -7.65. The van der Waals surface area contributed by atoms with Crippen LogP contribution in [0.2, 0.25) is 0 Å². The van der Waals surface area contributed by atoms with Gasteiger partial charge in [-0.2, -0.15) is 0 Å². The fraction of sp³-hybridized carbons (Fsp3) is 0. The van der Waals surface area contributed by atoms with Crippen LogP contribution in [0.25, 0.3) is 78.0 Å². The second-order valence-corrected chi connectivity index (χ2v) is 12.3. The van der Waals surface area contributed by atoms with Crippen molar-refractivity contribution in [3.8, 4) is 62.3 Å². The van der Waals surface area contributed by atoms with Gasteiger partial charge in [-0.1, -0.05) is 127 Å². The van der Waals surface area contributed by atoms with Crippen LogP contribution in [0.1, 0.15) is 0 Å². The number of benzene rings is 6. The molecule has 262 valence electrons. The van der Waals surface area contributed by atoms with E-state index in [1.165, 1.54) is 12.1 Å². The summed E-state index contributed by atoms with van der Waals surface area (Å²) in [5.74, 6) is -1.22. The van der Waals surface area contributed by atoms with Crippen LogP contribution in [0.15, 0.2) is 179 Å². The molecule has 0 saturated heterocycles. The highest BCUT2D eigenvalue weighted by Crippen LogP contribution is 2.35. The van der Waals surface area contributed by atoms with E-state index in [-0.39, 0.29) is 45.0 Å². The molecule has 0 unspecified atom stereocenters. The Kier molecular flexibility index (Phi) is 8.57. The molecule has 0 aliphatic rings. The van der Waals surface area contributed by atoms with Crippen molar-refractivity contribution in [2.45, 2.75) is 0 Å². The second-order valence-electron chi connectivity index (χ2n) is 12.3. The SMILES string of the molecule is O=c1c(O)c(-c2ccc(-c3ccccc3)cc2)oc2ccccc12.O=c1c(O)c(-c2ccccc2)oc2cc3oc(-c4ccccc4)c(O)c(=O)c3cc12. The maximum absolute atomic E-state index is 12.7. The number of para-hydroxylation sites is 1. The van der Waals surface area contributed by atoms with E-state index >= 15 is 0 Å². The molecule has 3 N–H and O–H groups in total. The maximum Gasteiger partial charge on any atom is 0.235 e. The molecule has 0 spiro atoms. The molecule has 3 heterocycles. The first-order chi connectivity index (χ1) is 26.3. The van der Waals surface area contributed by atoms with Crippen molar-refractivity contribution < 1.29 is 28.6 Å². The van der Waals surface area contributed by atoms with E-state index in [4.69, 9.17) is 13.3 Å². The first-order valence-corrected chi connectivity index (χ1v) is 16.8. The van der Waals surface area contributed by atoms with Crippen molar-refractivity contribution in [2.75, 3.05) is 0 Å². The normalized spacial score (nSPS) is 11.0. The van der Waals surface area contributed by atoms with Gasteiger partial charge in [0, 0.05) is 22.8 Å². The standard InChI is InChI=1S/C24H14O6.C21H14O3/c25-19-15-11-16-18(30-24(22(28)20(16)26)14-9-5-2-6-10-14)12-17(15)29-23(21(19)27)13-7-3-1-4-8-13;22-19-17-8-4-5-9-18(17)24-21(20(19)23)16-12-10-15(11-13-16)14-6-2-1-3-7-14/h1-12,27-28H;1-13,23H. The molecule has 9 rings (SSSR count). The molecule has 54 heavy (non-hydrogen) atoms. The molecule has 0 aliphatic carbocycles. The Morgan fingerprint density at radius 1 is 0.315 bits per heavy atom. The van der Waals surface area contributed by atoms with Crippen LogP contribution in [-0.4, -0.2) is 15.3 Å². The number of fused-ring (bicyclic) bond motifs is 3. The lowest BCUT2D eigenvalue weighted by atomic mass is 10.0. The largest absolute Gasteiger partial charge is 0.502 e. The highest BCUT2D eigenvalue weighted by molar-refractivity contribution is 5.95. The molecule has 0 amide bonds. The molecule has 3 aromatic heterocycles. The predicted octanol–water partition coefficient (Wildman–Crippen LogP) is 9.48. The van der Waals surface area contributed by atoms with Crippen molar-refractivity contribution in [3.05, 3.63) is 182 Å². The van der Waals surface area contributed by atoms with E-state index in [9.17, 15) is 29.7 Å². The van der Waals surface area contributed by atoms with Crippen LogP contribution >= 0.6 is 0 Å². The average molecular weight is 713 g/mol. The number of hydrogen-bond donors (Lipinski definition) is 3. The van der Waals surface area contributed by atoms with Gasteiger partial charge in [-0.15, -0.1) is 0 Å². The summed E-state index contributed by atoms with van der Waals surface area (Å²) in [6.07, 6.45) is 0. The van der Waals surface area contributed by atoms with Gasteiger partial charge in [-0.25, -0.2) is 0 Å². The topological polar surface area (TPSA) is 151 Å². The van der Waals surface area contributed by atoms with E-state index in [1.807, 2.05) is 54.6 Å². The minimum Gasteiger partial charge on any atom is -0.502 e. The lowest BCUT2D eigenvalue weighted by Gasteiger charge is -2.09. The first kappa shape index (κ1) is 33.5. The molecule has 0 atom stereocenters. The quantitative estimate of drug-likeness (QED) is 0.152. The number of hydrogen-bond acceptors (Lipinski definition) is 9. The van der Waals surface area contributed by atoms with Crippen molar-refractivity contribution in [1.29, 1.82) is 0 Å². The van der Waals surface area contributed by atoms with Crippen molar-refractivity contribution in [1.82, 2.24) is 0 Å². The molecule has 6 aromatic carbocycles. The third-order valence-corrected chi connectivity index (χ3v) is 8.96. The van der Waals surface area contributed by atoms with E-state index in [0.717, 1.165) is 11.1 Å². The highest BCUT2D eigenvalue weighted by atomic mass is 16.4.